The van der Waals surface area contributed by atoms with E-state index >= 15 is 0 Å². The highest BCUT2D eigenvalue weighted by atomic mass is 16.2. The molecule has 0 aliphatic carbocycles. The fourth-order valence-electron chi connectivity index (χ4n) is 5.39. The number of carbonyl (C=O) groups excluding carboxylic acids is 2. The van der Waals surface area contributed by atoms with Gasteiger partial charge in [-0.25, -0.2) is 0 Å². The number of nitrogens with zero attached hydrogens (tertiary/aromatic N) is 3. The second-order valence-electron chi connectivity index (χ2n) is 9.03. The largest absolute Gasteiger partial charge is 0.347 e. The second-order valence-corrected chi connectivity index (χ2v) is 9.03. The lowest BCUT2D eigenvalue weighted by Crippen LogP contribution is -2.46. The van der Waals surface area contributed by atoms with Crippen LogP contribution in [-0.2, 0) is 17.8 Å². The Hall–Kier alpha value is -2.86. The van der Waals surface area contributed by atoms with Crippen molar-refractivity contribution in [3.63, 3.8) is 0 Å². The Kier molecular flexibility index (Phi) is 5.64. The van der Waals surface area contributed by atoms with Crippen LogP contribution in [0.2, 0.25) is 0 Å². The molecule has 162 valence electrons. The van der Waals surface area contributed by atoms with Crippen molar-refractivity contribution in [2.45, 2.75) is 45.2 Å². The molecule has 1 amide bonds. The van der Waals surface area contributed by atoms with Crippen LogP contribution >= 0.6 is 0 Å². The molecule has 0 N–H and O–H groups in total. The van der Waals surface area contributed by atoms with Gasteiger partial charge in [-0.15, -0.1) is 0 Å². The number of para-hydroxylation sites is 2. The van der Waals surface area contributed by atoms with Crippen LogP contribution in [0.4, 0.5) is 5.69 Å². The Labute approximate surface area is 190 Å². The summed E-state index contributed by atoms with van der Waals surface area (Å²) in [6.45, 7) is 5.44. The van der Waals surface area contributed by atoms with Gasteiger partial charge in [0.15, 0.2) is 5.78 Å². The van der Waals surface area contributed by atoms with Crippen LogP contribution in [-0.4, -0.2) is 54.7 Å². The molecule has 32 heavy (non-hydrogen) atoms. The quantitative estimate of drug-likeness (QED) is 0.451. The van der Waals surface area contributed by atoms with Crippen LogP contribution in [0.25, 0.3) is 10.9 Å². The molecule has 3 heterocycles. The standard InChI is InChI=1S/C26H28BN3O2/c1-18(31)22-17-29(26-21(22)7-4-8-23(26)27)13-5-12-28-14-10-20(11-15-28)30-24-9-3-2-6-19(24)16-25(30)32/h2-4,6-9,17,20H,5,10-16H2,1H3. The number of aryl methyl sites for hydroxylation is 1. The molecule has 0 spiro atoms. The monoisotopic (exact) mass is 425 g/mol. The van der Waals surface area contributed by atoms with E-state index in [1.807, 2.05) is 41.4 Å². The maximum Gasteiger partial charge on any atom is 0.231 e. The minimum absolute atomic E-state index is 0.0689. The van der Waals surface area contributed by atoms with Crippen LogP contribution in [0, 0.1) is 0 Å². The average molecular weight is 425 g/mol. The first kappa shape index (κ1) is 21.0. The summed E-state index contributed by atoms with van der Waals surface area (Å²) in [6, 6.07) is 14.3. The number of rotatable bonds is 6. The smallest absolute Gasteiger partial charge is 0.231 e. The Morgan fingerprint density at radius 1 is 1.06 bits per heavy atom. The SMILES string of the molecule is [B]c1cccc2c(C(C)=O)cn(CCCN3CCC(N4C(=O)Cc5ccccc54)CC3)c12. The van der Waals surface area contributed by atoms with Crippen molar-refractivity contribution in [2.24, 2.45) is 0 Å². The van der Waals surface area contributed by atoms with E-state index in [2.05, 4.69) is 21.6 Å². The third-order valence-electron chi connectivity index (χ3n) is 6.97. The summed E-state index contributed by atoms with van der Waals surface area (Å²) in [6.07, 6.45) is 5.49. The van der Waals surface area contributed by atoms with Crippen LogP contribution < -0.4 is 10.4 Å². The molecular weight excluding hydrogens is 397 g/mol. The number of hydrogen-bond acceptors (Lipinski definition) is 3. The highest BCUT2D eigenvalue weighted by molar-refractivity contribution is 6.38. The molecule has 1 aromatic heterocycles. The highest BCUT2D eigenvalue weighted by Gasteiger charge is 2.34. The molecule has 2 aliphatic heterocycles. The molecule has 3 aromatic rings. The highest BCUT2D eigenvalue weighted by Crippen LogP contribution is 2.33. The van der Waals surface area contributed by atoms with Gasteiger partial charge in [0.1, 0.15) is 7.85 Å². The van der Waals surface area contributed by atoms with Gasteiger partial charge in [-0.2, -0.15) is 0 Å². The zero-order valence-corrected chi connectivity index (χ0v) is 18.6. The van der Waals surface area contributed by atoms with Gasteiger partial charge in [-0.1, -0.05) is 41.9 Å². The summed E-state index contributed by atoms with van der Waals surface area (Å²) in [5.41, 5.74) is 4.68. The van der Waals surface area contributed by atoms with E-state index < -0.39 is 0 Å². The summed E-state index contributed by atoms with van der Waals surface area (Å²) in [4.78, 5) is 29.2. The number of likely N-dealkylation sites (tertiary alicyclic amines) is 1. The Balaban J connectivity index is 1.19. The zero-order chi connectivity index (χ0) is 22.2. The molecule has 1 saturated heterocycles. The minimum atomic E-state index is 0.0689. The van der Waals surface area contributed by atoms with E-state index in [-0.39, 0.29) is 11.7 Å². The normalized spacial score (nSPS) is 17.3. The van der Waals surface area contributed by atoms with Gasteiger partial charge in [0.05, 0.1) is 6.42 Å². The fraction of sp³-hybridized carbons (Fsp3) is 0.385. The van der Waals surface area contributed by atoms with Gasteiger partial charge in [-0.05, 0) is 44.4 Å². The zero-order valence-electron chi connectivity index (χ0n) is 18.6. The Morgan fingerprint density at radius 3 is 2.62 bits per heavy atom. The average Bonchev–Trinajstić information content (AvgIpc) is 3.32. The first-order valence-corrected chi connectivity index (χ1v) is 11.5. The maximum atomic E-state index is 12.6. The number of benzene rings is 2. The minimum Gasteiger partial charge on any atom is -0.347 e. The summed E-state index contributed by atoms with van der Waals surface area (Å²) in [7, 11) is 6.23. The van der Waals surface area contributed by atoms with E-state index in [1.54, 1.807) is 6.92 Å². The molecule has 2 aromatic carbocycles. The molecule has 2 radical (unpaired) electrons. The van der Waals surface area contributed by atoms with Gasteiger partial charge >= 0.3 is 0 Å². The number of anilines is 1. The summed E-state index contributed by atoms with van der Waals surface area (Å²) < 4.78 is 2.13. The molecule has 6 heteroatoms. The Morgan fingerprint density at radius 2 is 1.84 bits per heavy atom. The molecule has 0 bridgehead atoms. The lowest BCUT2D eigenvalue weighted by molar-refractivity contribution is -0.118. The topological polar surface area (TPSA) is 45.6 Å². The number of fused-ring (bicyclic) bond motifs is 2. The molecule has 1 fully saturated rings. The molecule has 0 atom stereocenters. The van der Waals surface area contributed by atoms with Crippen molar-refractivity contribution in [2.75, 3.05) is 24.5 Å². The van der Waals surface area contributed by atoms with Crippen molar-refractivity contribution in [3.8, 4) is 0 Å². The number of aromatic nitrogens is 1. The van der Waals surface area contributed by atoms with Crippen LogP contribution in [0.1, 0.15) is 42.1 Å². The summed E-state index contributed by atoms with van der Waals surface area (Å²) in [5, 5.41) is 0.939. The van der Waals surface area contributed by atoms with Crippen LogP contribution in [0.15, 0.2) is 48.7 Å². The molecule has 5 nitrogen and oxygen atoms in total. The van der Waals surface area contributed by atoms with Crippen LogP contribution in [0.3, 0.4) is 0 Å². The van der Waals surface area contributed by atoms with Crippen molar-refractivity contribution >= 4 is 41.6 Å². The number of Topliss-reactive ketones (excluding diaryl/α,β-unsaturated/α-hetero) is 1. The van der Waals surface area contributed by atoms with Gasteiger partial charge in [0.25, 0.3) is 0 Å². The van der Waals surface area contributed by atoms with Crippen molar-refractivity contribution in [3.05, 3.63) is 59.8 Å². The molecule has 5 rings (SSSR count). The first-order chi connectivity index (χ1) is 15.5. The molecule has 0 saturated carbocycles. The predicted octanol–water partition coefficient (Wildman–Crippen LogP) is 3.08. The number of hydrogen-bond donors (Lipinski definition) is 0. The first-order valence-electron chi connectivity index (χ1n) is 11.5. The van der Waals surface area contributed by atoms with Gasteiger partial charge < -0.3 is 14.4 Å². The molecular formula is C26H28BN3O2. The van der Waals surface area contributed by atoms with Crippen LogP contribution in [0.5, 0.6) is 0 Å². The van der Waals surface area contributed by atoms with Gasteiger partial charge in [-0.3, -0.25) is 9.59 Å². The van der Waals surface area contributed by atoms with Crippen molar-refractivity contribution in [1.29, 1.82) is 0 Å². The van der Waals surface area contributed by atoms with E-state index in [0.717, 1.165) is 73.2 Å². The van der Waals surface area contributed by atoms with E-state index in [1.165, 1.54) is 0 Å². The van der Waals surface area contributed by atoms with Gasteiger partial charge in [0.2, 0.25) is 5.91 Å². The number of amides is 1. The predicted molar refractivity (Wildman–Crippen MR) is 129 cm³/mol. The number of piperidine rings is 1. The maximum absolute atomic E-state index is 12.6. The number of ketones is 1. The third kappa shape index (κ3) is 3.77. The van der Waals surface area contributed by atoms with Gasteiger partial charge in [0, 0.05) is 54.0 Å². The Bertz CT molecular complexity index is 1180. The third-order valence-corrected chi connectivity index (χ3v) is 6.97. The fourth-order valence-corrected chi connectivity index (χ4v) is 5.39. The molecule has 0 unspecified atom stereocenters. The van der Waals surface area contributed by atoms with E-state index in [0.29, 0.717) is 17.9 Å². The second kappa shape index (κ2) is 8.59. The lowest BCUT2D eigenvalue weighted by Gasteiger charge is -2.37. The number of carbonyl (C=O) groups is 2. The lowest BCUT2D eigenvalue weighted by atomic mass is 9.93. The van der Waals surface area contributed by atoms with E-state index in [4.69, 9.17) is 7.85 Å². The summed E-state index contributed by atoms with van der Waals surface area (Å²) >= 11 is 0. The van der Waals surface area contributed by atoms with Crippen molar-refractivity contribution in [1.82, 2.24) is 9.47 Å². The van der Waals surface area contributed by atoms with Crippen molar-refractivity contribution < 1.29 is 9.59 Å². The van der Waals surface area contributed by atoms with E-state index in [9.17, 15) is 9.59 Å². The summed E-state index contributed by atoms with van der Waals surface area (Å²) in [5.74, 6) is 0.308. The molecule has 2 aliphatic rings.